The normalized spacial score (nSPS) is 11.2. The van der Waals surface area contributed by atoms with Gasteiger partial charge >= 0.3 is 16.0 Å². The van der Waals surface area contributed by atoms with Crippen LogP contribution in [-0.2, 0) is 10.2 Å². The summed E-state index contributed by atoms with van der Waals surface area (Å²) in [4.78, 5) is 11.7. The minimum absolute atomic E-state index is 0.535. The molecule has 1 aromatic rings. The molecule has 0 aromatic carbocycles. The van der Waals surface area contributed by atoms with Crippen molar-refractivity contribution >= 4 is 16.0 Å². The Morgan fingerprint density at radius 3 is 2.38 bits per heavy atom. The molecule has 0 radical (unpaired) electrons. The molecular weight excluding hydrogens is 203 g/mol. The third kappa shape index (κ3) is 2.18. The maximum atomic E-state index is 12.2. The molecule has 1 rings (SSSR count). The van der Waals surface area contributed by atoms with Crippen LogP contribution in [0.25, 0.3) is 0 Å². The largest absolute Gasteiger partial charge is 0.363 e. The molecule has 6 nitrogen and oxygen atoms in total. The highest BCUT2D eigenvalue weighted by atomic mass is 32.3. The van der Waals surface area contributed by atoms with Crippen LogP contribution in [0.1, 0.15) is 0 Å². The zero-order chi connectivity index (χ0) is 10.1. The number of pyridine rings is 1. The van der Waals surface area contributed by atoms with Gasteiger partial charge in [-0.2, -0.15) is 8.42 Å². The summed E-state index contributed by atoms with van der Waals surface area (Å²) >= 11 is 0. The first kappa shape index (κ1) is 9.52. The van der Waals surface area contributed by atoms with Crippen LogP contribution < -0.4 is 0 Å². The molecule has 13 heavy (non-hydrogen) atoms. The van der Waals surface area contributed by atoms with Crippen LogP contribution in [-0.4, -0.2) is 18.3 Å². The third-order valence-electron chi connectivity index (χ3n) is 1.19. The lowest BCUT2D eigenvalue weighted by Crippen LogP contribution is -1.96. The summed E-state index contributed by atoms with van der Waals surface area (Å²) in [6.45, 7) is 0. The highest BCUT2D eigenvalue weighted by Gasteiger charge is 2.16. The van der Waals surface area contributed by atoms with Crippen molar-refractivity contribution in [2.45, 2.75) is 4.90 Å². The van der Waals surface area contributed by atoms with E-state index in [2.05, 4.69) is 4.98 Å². The first-order valence-electron chi connectivity index (χ1n) is 2.96. The fourth-order valence-electron chi connectivity index (χ4n) is 0.625. The van der Waals surface area contributed by atoms with E-state index in [4.69, 9.17) is 0 Å². The van der Waals surface area contributed by atoms with Gasteiger partial charge in [0, 0.05) is 6.07 Å². The maximum absolute atomic E-state index is 12.2. The van der Waals surface area contributed by atoms with Crippen LogP contribution in [0.5, 0.6) is 0 Å². The second-order valence-corrected chi connectivity index (χ2v) is 3.39. The molecule has 0 aliphatic heterocycles. The lowest BCUT2D eigenvalue weighted by molar-refractivity contribution is -0.389. The summed E-state index contributed by atoms with van der Waals surface area (Å²) < 4.78 is 32.7. The number of rotatable bonds is 2. The van der Waals surface area contributed by atoms with Crippen LogP contribution >= 0.6 is 0 Å². The Kier molecular flexibility index (Phi) is 2.24. The van der Waals surface area contributed by atoms with Gasteiger partial charge in [0.05, 0.1) is 0 Å². The number of nitrogens with zero attached hydrogens (tertiary/aromatic N) is 2. The Labute approximate surface area is 72.4 Å². The fraction of sp³-hybridized carbons (Fsp3) is 0. The Balaban J connectivity index is 3.16. The fourth-order valence-corrected chi connectivity index (χ4v) is 1.03. The molecule has 1 aromatic heterocycles. The molecule has 0 amide bonds. The summed E-state index contributed by atoms with van der Waals surface area (Å²) in [6, 6.07) is 1.59. The molecule has 0 atom stereocenters. The highest BCUT2D eigenvalue weighted by molar-refractivity contribution is 7.86. The van der Waals surface area contributed by atoms with Gasteiger partial charge in [0.1, 0.15) is 4.90 Å². The van der Waals surface area contributed by atoms with Crippen molar-refractivity contribution in [2.75, 3.05) is 0 Å². The zero-order valence-corrected chi connectivity index (χ0v) is 6.86. The van der Waals surface area contributed by atoms with Gasteiger partial charge < -0.3 is 10.1 Å². The lowest BCUT2D eigenvalue weighted by Gasteiger charge is -1.91. The molecule has 0 aliphatic rings. The molecule has 0 aliphatic carbocycles. The number of aromatic nitrogens is 1. The van der Waals surface area contributed by atoms with E-state index in [9.17, 15) is 22.4 Å². The van der Waals surface area contributed by atoms with Crippen LogP contribution in [0.3, 0.4) is 0 Å². The Morgan fingerprint density at radius 2 is 2.08 bits per heavy atom. The Hall–Kier alpha value is -1.57. The summed E-state index contributed by atoms with van der Waals surface area (Å²) in [5.74, 6) is -0.535. The van der Waals surface area contributed by atoms with Gasteiger partial charge in [0.15, 0.2) is 6.20 Å². The van der Waals surface area contributed by atoms with Gasteiger partial charge in [-0.25, -0.2) is 0 Å². The monoisotopic (exact) mass is 206 g/mol. The molecule has 0 spiro atoms. The van der Waals surface area contributed by atoms with E-state index in [1.165, 1.54) is 0 Å². The summed E-state index contributed by atoms with van der Waals surface area (Å²) in [5, 5.41) is 10.1. The van der Waals surface area contributed by atoms with E-state index in [0.717, 1.165) is 12.1 Å². The molecule has 8 heteroatoms. The summed E-state index contributed by atoms with van der Waals surface area (Å²) in [7, 11) is -4.83. The van der Waals surface area contributed by atoms with Crippen molar-refractivity contribution < 1.29 is 17.2 Å². The smallest absolute Gasteiger partial charge is 0.358 e. The van der Waals surface area contributed by atoms with Crippen molar-refractivity contribution in [3.63, 3.8) is 0 Å². The van der Waals surface area contributed by atoms with E-state index in [1.807, 2.05) is 0 Å². The first-order valence-corrected chi connectivity index (χ1v) is 4.35. The van der Waals surface area contributed by atoms with Gasteiger partial charge in [-0.05, 0) is 16.0 Å². The van der Waals surface area contributed by atoms with Gasteiger partial charge in [0.2, 0.25) is 0 Å². The van der Waals surface area contributed by atoms with E-state index in [0.29, 0.717) is 6.20 Å². The van der Waals surface area contributed by atoms with Crippen LogP contribution in [0, 0.1) is 10.1 Å². The lowest BCUT2D eigenvalue weighted by atomic mass is 10.5. The van der Waals surface area contributed by atoms with Crippen LogP contribution in [0.15, 0.2) is 23.2 Å². The minimum atomic E-state index is -4.83. The molecule has 0 saturated heterocycles. The zero-order valence-electron chi connectivity index (χ0n) is 6.05. The van der Waals surface area contributed by atoms with Crippen molar-refractivity contribution in [3.05, 3.63) is 28.4 Å². The van der Waals surface area contributed by atoms with Crippen LogP contribution in [0.2, 0.25) is 0 Å². The van der Waals surface area contributed by atoms with E-state index >= 15 is 0 Å². The maximum Gasteiger partial charge on any atom is 0.363 e. The SMILES string of the molecule is O=[N+]([O-])c1ccc(S(=O)(=O)F)cn1. The topological polar surface area (TPSA) is 90.2 Å². The molecule has 0 saturated carbocycles. The average molecular weight is 206 g/mol. The average Bonchev–Trinajstić information content (AvgIpc) is 2.03. The van der Waals surface area contributed by atoms with E-state index in [-0.39, 0.29) is 0 Å². The second kappa shape index (κ2) is 3.05. The number of hydrogen-bond acceptors (Lipinski definition) is 5. The molecule has 0 bridgehead atoms. The molecule has 0 unspecified atom stereocenters. The predicted octanol–water partition coefficient (Wildman–Crippen LogP) is 0.648. The third-order valence-corrected chi connectivity index (χ3v) is 1.99. The summed E-state index contributed by atoms with van der Waals surface area (Å²) in [5.41, 5.74) is 0. The Morgan fingerprint density at radius 1 is 1.46 bits per heavy atom. The quantitative estimate of drug-likeness (QED) is 0.402. The number of hydrogen-bond donors (Lipinski definition) is 0. The van der Waals surface area contributed by atoms with Gasteiger partial charge in [-0.1, -0.05) is 0 Å². The van der Waals surface area contributed by atoms with Gasteiger partial charge in [0.25, 0.3) is 0 Å². The van der Waals surface area contributed by atoms with Crippen molar-refractivity contribution in [1.29, 1.82) is 0 Å². The van der Waals surface area contributed by atoms with E-state index in [1.54, 1.807) is 0 Å². The molecule has 70 valence electrons. The van der Waals surface area contributed by atoms with Crippen molar-refractivity contribution in [3.8, 4) is 0 Å². The molecule has 0 N–H and O–H groups in total. The first-order chi connectivity index (χ1) is 5.91. The standard InChI is InChI=1S/C5H3FN2O4S/c6-13(11,12)4-1-2-5(7-3-4)8(9)10/h1-3H. The second-order valence-electron chi connectivity index (χ2n) is 2.05. The number of halogens is 1. The van der Waals surface area contributed by atoms with Gasteiger partial charge in [-0.3, -0.25) is 0 Å². The minimum Gasteiger partial charge on any atom is -0.358 e. The predicted molar refractivity (Wildman–Crippen MR) is 39.2 cm³/mol. The van der Waals surface area contributed by atoms with Crippen LogP contribution in [0.4, 0.5) is 9.70 Å². The molecular formula is C5H3FN2O4S. The highest BCUT2D eigenvalue weighted by Crippen LogP contribution is 2.13. The van der Waals surface area contributed by atoms with Gasteiger partial charge in [-0.15, -0.1) is 3.89 Å². The van der Waals surface area contributed by atoms with Crippen molar-refractivity contribution in [2.24, 2.45) is 0 Å². The number of nitro groups is 1. The van der Waals surface area contributed by atoms with E-state index < -0.39 is 25.9 Å². The van der Waals surface area contributed by atoms with Crippen molar-refractivity contribution in [1.82, 2.24) is 4.98 Å². The molecule has 1 heterocycles. The summed E-state index contributed by atoms with van der Waals surface area (Å²) in [6.07, 6.45) is 0.591. The molecule has 0 fully saturated rings. The Bertz CT molecular complexity index is 426.